The van der Waals surface area contributed by atoms with Gasteiger partial charge in [0.25, 0.3) is 0 Å². The van der Waals surface area contributed by atoms with Crippen molar-refractivity contribution in [3.05, 3.63) is 70.4 Å². The highest BCUT2D eigenvalue weighted by Gasteiger charge is 2.57. The maximum Gasteiger partial charge on any atom is 0.243 e. The molecule has 0 aliphatic carbocycles. The van der Waals surface area contributed by atoms with Crippen LogP contribution in [-0.4, -0.2) is 34.0 Å². The quantitative estimate of drug-likeness (QED) is 0.657. The second kappa shape index (κ2) is 6.68. The largest absolute Gasteiger partial charge is 0.368 e. The summed E-state index contributed by atoms with van der Waals surface area (Å²) in [6.45, 7) is 1.59. The van der Waals surface area contributed by atoms with Crippen molar-refractivity contribution >= 4 is 40.8 Å². The van der Waals surface area contributed by atoms with Gasteiger partial charge in [-0.1, -0.05) is 35.9 Å². The fourth-order valence-electron chi connectivity index (χ4n) is 4.57. The number of carbonyl (C=O) groups is 3. The van der Waals surface area contributed by atoms with E-state index in [-0.39, 0.29) is 24.8 Å². The van der Waals surface area contributed by atoms with Crippen molar-refractivity contribution in [3.8, 4) is 5.69 Å². The number of hydrogen-bond acceptors (Lipinski definition) is 4. The number of halogens is 1. The van der Waals surface area contributed by atoms with E-state index in [1.54, 1.807) is 47.3 Å². The molecular formula is C22H18ClN5O3. The molecule has 5 rings (SSSR count). The van der Waals surface area contributed by atoms with Crippen molar-refractivity contribution < 1.29 is 14.4 Å². The van der Waals surface area contributed by atoms with Gasteiger partial charge in [-0.2, -0.15) is 5.10 Å². The third kappa shape index (κ3) is 2.61. The smallest absolute Gasteiger partial charge is 0.243 e. The molecule has 1 aromatic heterocycles. The number of amides is 3. The van der Waals surface area contributed by atoms with E-state index in [9.17, 15) is 14.4 Å². The van der Waals surface area contributed by atoms with Crippen LogP contribution in [0.5, 0.6) is 0 Å². The van der Waals surface area contributed by atoms with Gasteiger partial charge in [-0.3, -0.25) is 14.4 Å². The first kappa shape index (κ1) is 19.3. The summed E-state index contributed by atoms with van der Waals surface area (Å²) in [5, 5.41) is 7.93. The summed E-state index contributed by atoms with van der Waals surface area (Å²) in [5.41, 5.74) is 7.39. The highest BCUT2D eigenvalue weighted by molar-refractivity contribution is 6.31. The van der Waals surface area contributed by atoms with Crippen molar-refractivity contribution in [2.45, 2.75) is 18.8 Å². The maximum absolute atomic E-state index is 13.7. The Kier molecular flexibility index (Phi) is 4.16. The van der Waals surface area contributed by atoms with Crippen LogP contribution < -0.4 is 16.0 Å². The fraction of sp³-hybridized carbons (Fsp3) is 0.182. The zero-order valence-electron chi connectivity index (χ0n) is 16.6. The molecule has 2 aliphatic heterocycles. The number of rotatable bonds is 3. The lowest BCUT2D eigenvalue weighted by Crippen LogP contribution is -2.48. The number of nitrogens with one attached hydrogen (secondary N) is 1. The number of primary amides is 1. The lowest BCUT2D eigenvalue weighted by Gasteiger charge is -2.32. The van der Waals surface area contributed by atoms with Crippen LogP contribution in [0.4, 0.5) is 11.5 Å². The van der Waals surface area contributed by atoms with Crippen molar-refractivity contribution in [3.63, 3.8) is 0 Å². The fourth-order valence-corrected chi connectivity index (χ4v) is 4.74. The number of fused-ring (bicyclic) bond motifs is 4. The van der Waals surface area contributed by atoms with E-state index in [2.05, 4.69) is 10.4 Å². The first-order chi connectivity index (χ1) is 14.8. The molecule has 2 aromatic carbocycles. The molecule has 0 saturated carbocycles. The molecule has 3 amide bonds. The van der Waals surface area contributed by atoms with Gasteiger partial charge < -0.3 is 16.0 Å². The van der Waals surface area contributed by atoms with E-state index in [1.165, 1.54) is 4.90 Å². The minimum absolute atomic E-state index is 0.0919. The summed E-state index contributed by atoms with van der Waals surface area (Å²) < 4.78 is 1.59. The van der Waals surface area contributed by atoms with Gasteiger partial charge in [0.2, 0.25) is 17.7 Å². The SMILES string of the molecule is Cc1c(Cl)cccc1-n1ncc2c1NC(=O)CC21C(=O)N(CC(N)=O)c2ccccc21. The summed E-state index contributed by atoms with van der Waals surface area (Å²) >= 11 is 6.29. The second-order valence-electron chi connectivity index (χ2n) is 7.71. The number of hydrogen-bond donors (Lipinski definition) is 2. The van der Waals surface area contributed by atoms with Gasteiger partial charge in [0.15, 0.2) is 0 Å². The van der Waals surface area contributed by atoms with Crippen LogP contribution in [0.15, 0.2) is 48.7 Å². The molecule has 1 spiro atoms. The number of benzene rings is 2. The Hall–Kier alpha value is -3.65. The Morgan fingerprint density at radius 3 is 2.68 bits per heavy atom. The lowest BCUT2D eigenvalue weighted by atomic mass is 9.72. The predicted molar refractivity (Wildman–Crippen MR) is 115 cm³/mol. The van der Waals surface area contributed by atoms with Crippen LogP contribution in [0.2, 0.25) is 5.02 Å². The Bertz CT molecular complexity index is 1280. The van der Waals surface area contributed by atoms with Gasteiger partial charge in [0.1, 0.15) is 17.8 Å². The van der Waals surface area contributed by atoms with Crippen LogP contribution >= 0.6 is 11.6 Å². The summed E-state index contributed by atoms with van der Waals surface area (Å²) in [7, 11) is 0. The van der Waals surface area contributed by atoms with E-state index < -0.39 is 11.3 Å². The third-order valence-corrected chi connectivity index (χ3v) is 6.37. The van der Waals surface area contributed by atoms with Gasteiger partial charge in [0, 0.05) is 22.7 Å². The molecule has 31 heavy (non-hydrogen) atoms. The van der Waals surface area contributed by atoms with Crippen LogP contribution in [0.3, 0.4) is 0 Å². The molecule has 2 aliphatic rings. The molecule has 0 fully saturated rings. The molecule has 8 nitrogen and oxygen atoms in total. The van der Waals surface area contributed by atoms with Gasteiger partial charge in [0.05, 0.1) is 11.9 Å². The average molecular weight is 436 g/mol. The first-order valence-corrected chi connectivity index (χ1v) is 10.1. The second-order valence-corrected chi connectivity index (χ2v) is 8.11. The normalized spacial score (nSPS) is 19.4. The number of para-hydroxylation sites is 1. The molecule has 1 unspecified atom stereocenters. The summed E-state index contributed by atoms with van der Waals surface area (Å²) in [6, 6.07) is 12.5. The summed E-state index contributed by atoms with van der Waals surface area (Å²) in [5.74, 6) is -0.916. The van der Waals surface area contributed by atoms with Crippen molar-refractivity contribution in [1.82, 2.24) is 9.78 Å². The number of nitrogens with zero attached hydrogens (tertiary/aromatic N) is 3. The van der Waals surface area contributed by atoms with Crippen molar-refractivity contribution in [2.75, 3.05) is 16.8 Å². The van der Waals surface area contributed by atoms with Crippen LogP contribution in [-0.2, 0) is 19.8 Å². The summed E-state index contributed by atoms with van der Waals surface area (Å²) in [4.78, 5) is 39.6. The maximum atomic E-state index is 13.7. The molecule has 0 saturated heterocycles. The lowest BCUT2D eigenvalue weighted by molar-refractivity contribution is -0.127. The summed E-state index contributed by atoms with van der Waals surface area (Å²) in [6.07, 6.45) is 1.50. The van der Waals surface area contributed by atoms with Crippen LogP contribution in [0.1, 0.15) is 23.1 Å². The van der Waals surface area contributed by atoms with E-state index in [4.69, 9.17) is 17.3 Å². The third-order valence-electron chi connectivity index (χ3n) is 5.96. The minimum atomic E-state index is -1.28. The van der Waals surface area contributed by atoms with E-state index in [0.29, 0.717) is 33.3 Å². The Morgan fingerprint density at radius 1 is 1.16 bits per heavy atom. The van der Waals surface area contributed by atoms with Crippen LogP contribution in [0.25, 0.3) is 5.69 Å². The molecular weight excluding hydrogens is 418 g/mol. The van der Waals surface area contributed by atoms with E-state index in [1.807, 2.05) is 13.0 Å². The molecule has 3 aromatic rings. The molecule has 3 N–H and O–H groups in total. The predicted octanol–water partition coefficient (Wildman–Crippen LogP) is 2.29. The molecule has 9 heteroatoms. The van der Waals surface area contributed by atoms with Crippen molar-refractivity contribution in [1.29, 1.82) is 0 Å². The molecule has 3 heterocycles. The highest BCUT2D eigenvalue weighted by Crippen LogP contribution is 2.52. The first-order valence-electron chi connectivity index (χ1n) is 9.68. The van der Waals surface area contributed by atoms with Gasteiger partial charge in [-0.05, 0) is 36.2 Å². The van der Waals surface area contributed by atoms with Crippen molar-refractivity contribution in [2.24, 2.45) is 5.73 Å². The molecule has 156 valence electrons. The molecule has 1 atom stereocenters. The van der Waals surface area contributed by atoms with Gasteiger partial charge in [-0.15, -0.1) is 0 Å². The molecule has 0 radical (unpaired) electrons. The number of anilines is 2. The topological polar surface area (TPSA) is 110 Å². The monoisotopic (exact) mass is 435 g/mol. The Morgan fingerprint density at radius 2 is 1.90 bits per heavy atom. The number of nitrogens with two attached hydrogens (primary N) is 1. The Labute approximate surface area is 182 Å². The molecule has 0 bridgehead atoms. The number of aromatic nitrogens is 2. The number of carbonyl (C=O) groups excluding carboxylic acids is 3. The zero-order valence-corrected chi connectivity index (χ0v) is 17.3. The minimum Gasteiger partial charge on any atom is -0.368 e. The van der Waals surface area contributed by atoms with Gasteiger partial charge >= 0.3 is 0 Å². The highest BCUT2D eigenvalue weighted by atomic mass is 35.5. The van der Waals surface area contributed by atoms with Crippen LogP contribution in [0, 0.1) is 6.92 Å². The van der Waals surface area contributed by atoms with E-state index in [0.717, 1.165) is 5.56 Å². The average Bonchev–Trinajstić information content (AvgIpc) is 3.24. The zero-order chi connectivity index (χ0) is 21.9. The standard InChI is InChI=1S/C22H18ClN5O3/c1-12-15(23)6-4-8-16(12)28-20-14(10-25-28)22(9-19(30)26-20)13-5-2-3-7-17(13)27(21(22)31)11-18(24)29/h2-8,10H,9,11H2,1H3,(H2,24,29)(H,26,30). The Balaban J connectivity index is 1.76. The van der Waals surface area contributed by atoms with Gasteiger partial charge in [-0.25, -0.2) is 4.68 Å². The van der Waals surface area contributed by atoms with E-state index >= 15 is 0 Å².